The molecule has 1 atom stereocenters. The van der Waals surface area contributed by atoms with Gasteiger partial charge in [0.25, 0.3) is 0 Å². The van der Waals surface area contributed by atoms with Gasteiger partial charge in [-0.2, -0.15) is 0 Å². The monoisotopic (exact) mass is 318 g/mol. The number of phenolic OH excluding ortho intramolecular Hbond substituents is 1. The zero-order valence-electron chi connectivity index (χ0n) is 13.8. The third-order valence-corrected chi connectivity index (χ3v) is 3.49. The summed E-state index contributed by atoms with van der Waals surface area (Å²) in [6, 6.07) is 7.03. The lowest BCUT2D eigenvalue weighted by molar-refractivity contribution is 0.190. The van der Waals surface area contributed by atoms with Gasteiger partial charge in [-0.1, -0.05) is 36.4 Å². The minimum absolute atomic E-state index is 0.146. The molecule has 0 amide bonds. The van der Waals surface area contributed by atoms with Gasteiger partial charge in [-0.05, 0) is 48.6 Å². The van der Waals surface area contributed by atoms with Crippen LogP contribution in [0.4, 0.5) is 0 Å². The molecule has 3 N–H and O–H groups in total. The summed E-state index contributed by atoms with van der Waals surface area (Å²) in [5.74, 6) is 0.232. The first-order valence-corrected chi connectivity index (χ1v) is 7.60. The van der Waals surface area contributed by atoms with Crippen molar-refractivity contribution in [1.82, 2.24) is 0 Å². The maximum atomic E-state index is 10.3. The van der Waals surface area contributed by atoms with Crippen molar-refractivity contribution >= 4 is 6.08 Å². The van der Waals surface area contributed by atoms with Crippen LogP contribution in [0, 0.1) is 0 Å². The fraction of sp³-hybridized carbons (Fsp3) is 0.368. The Morgan fingerprint density at radius 3 is 2.74 bits per heavy atom. The smallest absolute Gasteiger partial charge is 0.116 e. The Hall–Kier alpha value is -1.88. The van der Waals surface area contributed by atoms with Gasteiger partial charge in [0.2, 0.25) is 0 Å². The highest BCUT2D eigenvalue weighted by molar-refractivity contribution is 5.54. The van der Waals surface area contributed by atoms with Crippen molar-refractivity contribution < 1.29 is 20.1 Å². The molecule has 0 aromatic heterocycles. The summed E-state index contributed by atoms with van der Waals surface area (Å²) in [7, 11) is 1.57. The highest BCUT2D eigenvalue weighted by Crippen LogP contribution is 2.21. The van der Waals surface area contributed by atoms with Gasteiger partial charge in [-0.3, -0.25) is 0 Å². The zero-order valence-corrected chi connectivity index (χ0v) is 13.8. The molecule has 0 aliphatic heterocycles. The van der Waals surface area contributed by atoms with E-state index in [1.165, 1.54) is 0 Å². The highest BCUT2D eigenvalue weighted by atomic mass is 16.5. The average molecular weight is 318 g/mol. The number of allylic oxidation sites excluding steroid dienone is 1. The predicted molar refractivity (Wildman–Crippen MR) is 93.2 cm³/mol. The van der Waals surface area contributed by atoms with Gasteiger partial charge in [-0.25, -0.2) is 0 Å². The first-order chi connectivity index (χ1) is 11.0. The van der Waals surface area contributed by atoms with Crippen LogP contribution in [0.25, 0.3) is 6.08 Å². The Balaban J connectivity index is 2.67. The molecule has 1 aromatic carbocycles. The fourth-order valence-corrected chi connectivity index (χ4v) is 2.36. The van der Waals surface area contributed by atoms with Gasteiger partial charge in [0.05, 0.1) is 19.3 Å². The number of rotatable bonds is 9. The standard InChI is InChI=1S/C19H26O4/c1-14(11-16-5-4-6-17(21)12-16)7-8-19(22)18(9-10-20)15(2)13-23-3/h4-6,9,11-12,19-22H,2,7-8,10,13H2,1,3H3/b14-11+,18-9-. The minimum atomic E-state index is -0.697. The second-order valence-electron chi connectivity index (χ2n) is 5.52. The summed E-state index contributed by atoms with van der Waals surface area (Å²) >= 11 is 0. The molecule has 0 heterocycles. The van der Waals surface area contributed by atoms with E-state index in [1.54, 1.807) is 31.4 Å². The molecule has 0 saturated heterocycles. The van der Waals surface area contributed by atoms with Crippen molar-refractivity contribution in [2.45, 2.75) is 25.9 Å². The number of aromatic hydroxyl groups is 1. The summed E-state index contributed by atoms with van der Waals surface area (Å²) in [4.78, 5) is 0. The molecule has 0 radical (unpaired) electrons. The predicted octanol–water partition coefficient (Wildman–Crippen LogP) is 3.06. The summed E-state index contributed by atoms with van der Waals surface area (Å²) in [5.41, 5.74) is 3.31. The molecule has 23 heavy (non-hydrogen) atoms. The van der Waals surface area contributed by atoms with Crippen LogP contribution >= 0.6 is 0 Å². The van der Waals surface area contributed by atoms with Crippen molar-refractivity contribution in [1.29, 1.82) is 0 Å². The first-order valence-electron chi connectivity index (χ1n) is 7.60. The van der Waals surface area contributed by atoms with Crippen LogP contribution in [0.1, 0.15) is 25.3 Å². The van der Waals surface area contributed by atoms with Crippen LogP contribution in [0.15, 0.2) is 53.6 Å². The van der Waals surface area contributed by atoms with E-state index in [9.17, 15) is 10.2 Å². The lowest BCUT2D eigenvalue weighted by atomic mass is 9.96. The highest BCUT2D eigenvalue weighted by Gasteiger charge is 2.13. The van der Waals surface area contributed by atoms with Gasteiger partial charge in [-0.15, -0.1) is 0 Å². The van der Waals surface area contributed by atoms with E-state index in [0.29, 0.717) is 30.6 Å². The van der Waals surface area contributed by atoms with Gasteiger partial charge in [0.15, 0.2) is 0 Å². The van der Waals surface area contributed by atoms with Crippen molar-refractivity contribution in [3.8, 4) is 5.75 Å². The van der Waals surface area contributed by atoms with Crippen molar-refractivity contribution in [3.05, 3.63) is 59.2 Å². The third-order valence-electron chi connectivity index (χ3n) is 3.49. The number of methoxy groups -OCH3 is 1. The quantitative estimate of drug-likeness (QED) is 0.612. The van der Waals surface area contributed by atoms with Crippen LogP contribution in [0.2, 0.25) is 0 Å². The Labute approximate surface area is 138 Å². The topological polar surface area (TPSA) is 69.9 Å². The van der Waals surface area contributed by atoms with Crippen LogP contribution in [0.3, 0.4) is 0 Å². The minimum Gasteiger partial charge on any atom is -0.508 e. The lowest BCUT2D eigenvalue weighted by Gasteiger charge is -2.17. The number of hydrogen-bond donors (Lipinski definition) is 3. The summed E-state index contributed by atoms with van der Waals surface area (Å²) in [6.45, 7) is 6.04. The summed E-state index contributed by atoms with van der Waals surface area (Å²) in [5, 5.41) is 28.9. The molecule has 0 bridgehead atoms. The zero-order chi connectivity index (χ0) is 17.2. The van der Waals surface area contributed by atoms with E-state index in [2.05, 4.69) is 6.58 Å². The molecule has 1 rings (SSSR count). The van der Waals surface area contributed by atoms with Gasteiger partial charge < -0.3 is 20.1 Å². The fourth-order valence-electron chi connectivity index (χ4n) is 2.36. The molecule has 4 heteroatoms. The number of aliphatic hydroxyl groups is 2. The molecule has 0 spiro atoms. The third kappa shape index (κ3) is 6.82. The van der Waals surface area contributed by atoms with Crippen molar-refractivity contribution in [3.63, 3.8) is 0 Å². The molecule has 0 aliphatic carbocycles. The van der Waals surface area contributed by atoms with Crippen LogP contribution in [0.5, 0.6) is 5.75 Å². The molecule has 1 unspecified atom stereocenters. The van der Waals surface area contributed by atoms with Crippen LogP contribution in [-0.2, 0) is 4.74 Å². The lowest BCUT2D eigenvalue weighted by Crippen LogP contribution is -2.15. The molecule has 4 nitrogen and oxygen atoms in total. The van der Waals surface area contributed by atoms with Gasteiger partial charge in [0.1, 0.15) is 5.75 Å². The second kappa shape index (κ2) is 10.0. The number of phenols is 1. The number of benzene rings is 1. The molecule has 0 fully saturated rings. The largest absolute Gasteiger partial charge is 0.508 e. The molecule has 1 aromatic rings. The van der Waals surface area contributed by atoms with Crippen LogP contribution in [-0.4, -0.2) is 41.7 Å². The van der Waals surface area contributed by atoms with E-state index in [-0.39, 0.29) is 12.4 Å². The van der Waals surface area contributed by atoms with Crippen molar-refractivity contribution in [2.75, 3.05) is 20.3 Å². The summed E-state index contributed by atoms with van der Waals surface area (Å²) in [6.07, 6.45) is 4.07. The maximum absolute atomic E-state index is 10.3. The number of ether oxygens (including phenoxy) is 1. The van der Waals surface area contributed by atoms with Crippen LogP contribution < -0.4 is 0 Å². The molecular formula is C19H26O4. The Morgan fingerprint density at radius 2 is 2.13 bits per heavy atom. The number of aliphatic hydroxyl groups excluding tert-OH is 2. The summed E-state index contributed by atoms with van der Waals surface area (Å²) < 4.78 is 5.03. The second-order valence-corrected chi connectivity index (χ2v) is 5.52. The van der Waals surface area contributed by atoms with Gasteiger partial charge in [0, 0.05) is 7.11 Å². The van der Waals surface area contributed by atoms with E-state index in [1.807, 2.05) is 19.1 Å². The SMILES string of the molecule is C=C(COC)/C(=C/CO)C(O)CC/C(C)=C/c1cccc(O)c1. The maximum Gasteiger partial charge on any atom is 0.116 e. The van der Waals surface area contributed by atoms with E-state index in [0.717, 1.165) is 11.1 Å². The molecule has 0 saturated carbocycles. The normalized spacial score (nSPS) is 13.9. The molecular weight excluding hydrogens is 292 g/mol. The Morgan fingerprint density at radius 1 is 1.39 bits per heavy atom. The number of hydrogen-bond acceptors (Lipinski definition) is 4. The van der Waals surface area contributed by atoms with E-state index >= 15 is 0 Å². The first kappa shape index (κ1) is 19.2. The average Bonchev–Trinajstić information content (AvgIpc) is 2.50. The Kier molecular flexibility index (Phi) is 8.33. The Bertz CT molecular complexity index is 572. The van der Waals surface area contributed by atoms with E-state index < -0.39 is 6.10 Å². The van der Waals surface area contributed by atoms with E-state index in [4.69, 9.17) is 9.84 Å². The molecule has 0 aliphatic rings. The molecule has 126 valence electrons. The van der Waals surface area contributed by atoms with Crippen molar-refractivity contribution in [2.24, 2.45) is 0 Å². The van der Waals surface area contributed by atoms with Gasteiger partial charge >= 0.3 is 0 Å².